The second-order valence-electron chi connectivity index (χ2n) is 6.27. The lowest BCUT2D eigenvalue weighted by Crippen LogP contribution is -2.65. The Kier molecular flexibility index (Phi) is 3.50. The van der Waals surface area contributed by atoms with Gasteiger partial charge in [0.25, 0.3) is 5.91 Å². The summed E-state index contributed by atoms with van der Waals surface area (Å²) in [6, 6.07) is 5.98. The predicted octanol–water partition coefficient (Wildman–Crippen LogP) is 2.14. The molecule has 0 aromatic carbocycles. The molecule has 2 aliphatic rings. The average Bonchev–Trinajstić information content (AvgIpc) is 2.45. The maximum absolute atomic E-state index is 12.8. The van der Waals surface area contributed by atoms with Crippen molar-refractivity contribution in [2.45, 2.75) is 51.1 Å². The third kappa shape index (κ3) is 2.33. The van der Waals surface area contributed by atoms with E-state index < -0.39 is 0 Å². The highest BCUT2D eigenvalue weighted by atomic mass is 16.2. The van der Waals surface area contributed by atoms with Gasteiger partial charge in [0.2, 0.25) is 0 Å². The van der Waals surface area contributed by atoms with Crippen LogP contribution in [0.15, 0.2) is 18.2 Å². The molecule has 0 saturated carbocycles. The van der Waals surface area contributed by atoms with Crippen LogP contribution in [0.4, 0.5) is 0 Å². The molecule has 0 bridgehead atoms. The number of hydrogen-bond donors (Lipinski definition) is 1. The second-order valence-corrected chi connectivity index (χ2v) is 6.27. The Labute approximate surface area is 120 Å². The van der Waals surface area contributed by atoms with Crippen molar-refractivity contribution >= 4 is 5.91 Å². The van der Waals surface area contributed by atoms with E-state index >= 15 is 0 Å². The summed E-state index contributed by atoms with van der Waals surface area (Å²) in [5, 5.41) is 3.63. The van der Waals surface area contributed by atoms with E-state index in [4.69, 9.17) is 0 Å². The van der Waals surface area contributed by atoms with Crippen LogP contribution < -0.4 is 5.32 Å². The molecule has 0 radical (unpaired) electrons. The zero-order valence-corrected chi connectivity index (χ0v) is 12.4. The lowest BCUT2D eigenvalue weighted by Gasteiger charge is -2.51. The summed E-state index contributed by atoms with van der Waals surface area (Å²) in [6.45, 7) is 6.12. The maximum Gasteiger partial charge on any atom is 0.272 e. The number of amides is 1. The van der Waals surface area contributed by atoms with E-state index in [1.54, 1.807) is 0 Å². The number of aryl methyl sites for hydroxylation is 1. The first-order valence-electron chi connectivity index (χ1n) is 7.60. The third-order valence-corrected chi connectivity index (χ3v) is 4.76. The van der Waals surface area contributed by atoms with E-state index in [0.29, 0.717) is 11.7 Å². The number of piperidine rings is 2. The Hall–Kier alpha value is -1.42. The summed E-state index contributed by atoms with van der Waals surface area (Å²) in [7, 11) is 0. The molecule has 2 aliphatic heterocycles. The molecule has 2 fully saturated rings. The van der Waals surface area contributed by atoms with Gasteiger partial charge in [0.1, 0.15) is 5.69 Å². The summed E-state index contributed by atoms with van der Waals surface area (Å²) in [6.07, 6.45) is 4.46. The summed E-state index contributed by atoms with van der Waals surface area (Å²) in [4.78, 5) is 19.2. The molecular formula is C16H23N3O. The molecule has 1 aromatic heterocycles. The van der Waals surface area contributed by atoms with Gasteiger partial charge in [-0.15, -0.1) is 0 Å². The normalized spacial score (nSPS) is 29.9. The van der Waals surface area contributed by atoms with E-state index in [0.717, 1.165) is 44.5 Å². The fraction of sp³-hybridized carbons (Fsp3) is 0.625. The smallest absolute Gasteiger partial charge is 0.272 e. The number of nitrogens with zero attached hydrogens (tertiary/aromatic N) is 2. The minimum Gasteiger partial charge on any atom is -0.332 e. The molecule has 4 nitrogen and oxygen atoms in total. The number of carbonyl (C=O) groups is 1. The fourth-order valence-corrected chi connectivity index (χ4v) is 3.69. The molecule has 108 valence electrons. The average molecular weight is 273 g/mol. The van der Waals surface area contributed by atoms with Crippen molar-refractivity contribution in [2.75, 3.05) is 13.1 Å². The van der Waals surface area contributed by atoms with Crippen LogP contribution in [0.2, 0.25) is 0 Å². The molecule has 3 heterocycles. The Balaban J connectivity index is 1.87. The number of carbonyl (C=O) groups excluding carboxylic acids is 1. The monoisotopic (exact) mass is 273 g/mol. The number of pyridine rings is 1. The van der Waals surface area contributed by atoms with Crippen LogP contribution >= 0.6 is 0 Å². The first-order chi connectivity index (χ1) is 9.60. The molecule has 20 heavy (non-hydrogen) atoms. The SMILES string of the molecule is Cc1cccc(C(=O)N2CCC[C@]3(C)NCCC[C@@H]23)n1. The van der Waals surface area contributed by atoms with Gasteiger partial charge in [0.15, 0.2) is 0 Å². The van der Waals surface area contributed by atoms with Gasteiger partial charge in [-0.05, 0) is 58.2 Å². The minimum atomic E-state index is 0.0794. The van der Waals surface area contributed by atoms with Gasteiger partial charge >= 0.3 is 0 Å². The molecule has 0 aliphatic carbocycles. The standard InChI is InChI=1S/C16H23N3O/c1-12-6-3-7-13(18-12)15(20)19-11-5-9-16(2)14(19)8-4-10-17-16/h3,6-7,14,17H,4-5,8-11H2,1-2H3/t14-,16+/m1/s1. The van der Waals surface area contributed by atoms with E-state index in [9.17, 15) is 4.79 Å². The van der Waals surface area contributed by atoms with Gasteiger partial charge < -0.3 is 10.2 Å². The first kappa shape index (κ1) is 13.6. The van der Waals surface area contributed by atoms with Crippen molar-refractivity contribution in [3.05, 3.63) is 29.6 Å². The molecule has 1 N–H and O–H groups in total. The van der Waals surface area contributed by atoms with Crippen LogP contribution in [-0.2, 0) is 0 Å². The van der Waals surface area contributed by atoms with Crippen LogP contribution in [0.25, 0.3) is 0 Å². The van der Waals surface area contributed by atoms with Crippen LogP contribution in [0.3, 0.4) is 0 Å². The zero-order chi connectivity index (χ0) is 14.2. The lowest BCUT2D eigenvalue weighted by atomic mass is 9.77. The van der Waals surface area contributed by atoms with Gasteiger partial charge in [-0.25, -0.2) is 4.98 Å². The molecule has 3 rings (SSSR count). The molecule has 1 aromatic rings. The number of hydrogen-bond acceptors (Lipinski definition) is 3. The minimum absolute atomic E-state index is 0.0794. The molecule has 2 atom stereocenters. The maximum atomic E-state index is 12.8. The topological polar surface area (TPSA) is 45.2 Å². The third-order valence-electron chi connectivity index (χ3n) is 4.76. The number of fused-ring (bicyclic) bond motifs is 1. The highest BCUT2D eigenvalue weighted by molar-refractivity contribution is 5.92. The molecule has 0 unspecified atom stereocenters. The van der Waals surface area contributed by atoms with Gasteiger partial charge in [0.05, 0.1) is 0 Å². The second kappa shape index (κ2) is 5.17. The van der Waals surface area contributed by atoms with Gasteiger partial charge in [0, 0.05) is 23.8 Å². The van der Waals surface area contributed by atoms with Crippen molar-refractivity contribution in [1.82, 2.24) is 15.2 Å². The Bertz CT molecular complexity index is 512. The van der Waals surface area contributed by atoms with E-state index in [1.807, 2.05) is 25.1 Å². The number of likely N-dealkylation sites (tertiary alicyclic amines) is 1. The quantitative estimate of drug-likeness (QED) is 0.852. The van der Waals surface area contributed by atoms with E-state index in [1.165, 1.54) is 0 Å². The largest absolute Gasteiger partial charge is 0.332 e. The van der Waals surface area contributed by atoms with Crippen LogP contribution in [0, 0.1) is 6.92 Å². The number of nitrogens with one attached hydrogen (secondary N) is 1. The highest BCUT2D eigenvalue weighted by Gasteiger charge is 2.44. The van der Waals surface area contributed by atoms with Gasteiger partial charge in [-0.3, -0.25) is 4.79 Å². The van der Waals surface area contributed by atoms with E-state index in [-0.39, 0.29) is 11.4 Å². The van der Waals surface area contributed by atoms with E-state index in [2.05, 4.69) is 22.1 Å². The van der Waals surface area contributed by atoms with Crippen LogP contribution in [-0.4, -0.2) is 40.5 Å². The van der Waals surface area contributed by atoms with Crippen molar-refractivity contribution in [3.63, 3.8) is 0 Å². The Morgan fingerprint density at radius 3 is 3.10 bits per heavy atom. The van der Waals surface area contributed by atoms with Crippen LogP contribution in [0.5, 0.6) is 0 Å². The molecule has 1 amide bonds. The molecular weight excluding hydrogens is 250 g/mol. The van der Waals surface area contributed by atoms with Crippen molar-refractivity contribution in [3.8, 4) is 0 Å². The lowest BCUT2D eigenvalue weighted by molar-refractivity contribution is 0.0248. The summed E-state index contributed by atoms with van der Waals surface area (Å²) >= 11 is 0. The first-order valence-corrected chi connectivity index (χ1v) is 7.60. The Morgan fingerprint density at radius 2 is 2.30 bits per heavy atom. The highest BCUT2D eigenvalue weighted by Crippen LogP contribution is 2.33. The van der Waals surface area contributed by atoms with Crippen molar-refractivity contribution < 1.29 is 4.79 Å². The fourth-order valence-electron chi connectivity index (χ4n) is 3.69. The summed E-state index contributed by atoms with van der Waals surface area (Å²) in [5.74, 6) is 0.0910. The van der Waals surface area contributed by atoms with Crippen molar-refractivity contribution in [2.24, 2.45) is 0 Å². The summed E-state index contributed by atoms with van der Waals surface area (Å²) in [5.41, 5.74) is 1.56. The predicted molar refractivity (Wildman–Crippen MR) is 78.7 cm³/mol. The Morgan fingerprint density at radius 1 is 1.45 bits per heavy atom. The number of rotatable bonds is 1. The van der Waals surface area contributed by atoms with Gasteiger partial charge in [-0.1, -0.05) is 6.07 Å². The molecule has 0 spiro atoms. The molecule has 4 heteroatoms. The van der Waals surface area contributed by atoms with Crippen LogP contribution in [0.1, 0.15) is 48.8 Å². The zero-order valence-electron chi connectivity index (χ0n) is 12.4. The molecule has 2 saturated heterocycles. The number of aromatic nitrogens is 1. The van der Waals surface area contributed by atoms with Crippen molar-refractivity contribution in [1.29, 1.82) is 0 Å². The van der Waals surface area contributed by atoms with Gasteiger partial charge in [-0.2, -0.15) is 0 Å². The summed E-state index contributed by atoms with van der Waals surface area (Å²) < 4.78 is 0.